The monoisotopic (exact) mass is 298 g/mol. The van der Waals surface area contributed by atoms with Gasteiger partial charge in [0, 0.05) is 23.1 Å². The van der Waals surface area contributed by atoms with Crippen molar-refractivity contribution in [2.75, 3.05) is 5.43 Å². The Hall–Kier alpha value is -2.42. The number of nitrogens with one attached hydrogen (secondary N) is 1. The maximum atomic E-state index is 13.4. The molecule has 0 aliphatic carbocycles. The minimum absolute atomic E-state index is 0.195. The van der Waals surface area contributed by atoms with Gasteiger partial charge in [-0.05, 0) is 6.92 Å². The molecular weight excluding hydrogens is 290 g/mol. The summed E-state index contributed by atoms with van der Waals surface area (Å²) in [6.45, 7) is 1.80. The van der Waals surface area contributed by atoms with E-state index in [9.17, 15) is 18.9 Å². The van der Waals surface area contributed by atoms with Crippen LogP contribution in [-0.4, -0.2) is 16.1 Å². The van der Waals surface area contributed by atoms with Crippen LogP contribution in [0.2, 0.25) is 0 Å². The number of halogens is 2. The number of hydrazone groups is 1. The molecule has 1 heterocycles. The van der Waals surface area contributed by atoms with Gasteiger partial charge in [0.25, 0.3) is 0 Å². The Kier molecular flexibility index (Phi) is 3.99. The van der Waals surface area contributed by atoms with Gasteiger partial charge in [-0.2, -0.15) is 9.49 Å². The number of rotatable bonds is 4. The number of aryl methyl sites for hydroxylation is 1. The average molecular weight is 298 g/mol. The van der Waals surface area contributed by atoms with E-state index >= 15 is 0 Å². The van der Waals surface area contributed by atoms with E-state index in [-0.39, 0.29) is 5.56 Å². The molecule has 1 aromatic carbocycles. The van der Waals surface area contributed by atoms with Crippen LogP contribution in [0, 0.1) is 28.7 Å². The van der Waals surface area contributed by atoms with Gasteiger partial charge in [-0.25, -0.2) is 9.37 Å². The molecule has 0 unspecified atom stereocenters. The zero-order valence-corrected chi connectivity index (χ0v) is 10.9. The fourth-order valence-electron chi connectivity index (χ4n) is 1.35. The average Bonchev–Trinajstić information content (AvgIpc) is 2.77. The van der Waals surface area contributed by atoms with Crippen molar-refractivity contribution in [1.82, 2.24) is 4.98 Å². The first-order valence-electron chi connectivity index (χ1n) is 5.32. The number of nitro groups is 1. The summed E-state index contributed by atoms with van der Waals surface area (Å²) in [7, 11) is 0. The van der Waals surface area contributed by atoms with Gasteiger partial charge in [0.05, 0.1) is 16.8 Å². The van der Waals surface area contributed by atoms with Crippen molar-refractivity contribution in [2.45, 2.75) is 6.92 Å². The molecule has 0 spiro atoms. The predicted molar refractivity (Wildman–Crippen MR) is 71.1 cm³/mol. The number of thiazole rings is 1. The summed E-state index contributed by atoms with van der Waals surface area (Å²) in [4.78, 5) is 13.7. The zero-order valence-electron chi connectivity index (χ0n) is 10.1. The normalized spacial score (nSPS) is 10.9. The first-order chi connectivity index (χ1) is 9.47. The molecule has 0 saturated heterocycles. The van der Waals surface area contributed by atoms with Gasteiger partial charge < -0.3 is 0 Å². The maximum absolute atomic E-state index is 13.4. The molecule has 2 rings (SSSR count). The van der Waals surface area contributed by atoms with Crippen molar-refractivity contribution >= 4 is 28.4 Å². The second-order valence-corrected chi connectivity index (χ2v) is 4.60. The van der Waals surface area contributed by atoms with E-state index in [1.807, 2.05) is 0 Å². The summed E-state index contributed by atoms with van der Waals surface area (Å²) in [5, 5.41) is 16.6. The Labute approximate surface area is 115 Å². The lowest BCUT2D eigenvalue weighted by molar-refractivity contribution is -0.387. The van der Waals surface area contributed by atoms with E-state index in [4.69, 9.17) is 0 Å². The first kappa shape index (κ1) is 14.0. The van der Waals surface area contributed by atoms with Crippen LogP contribution in [0.25, 0.3) is 0 Å². The van der Waals surface area contributed by atoms with E-state index in [1.165, 1.54) is 11.3 Å². The molecule has 0 amide bonds. The standard InChI is InChI=1S/C11H8F2N4O2S/c1-6-5-20-11(15-6)16-14-4-7-2-10(17(18)19)9(13)3-8(7)12/h2-5H,1H3,(H,15,16). The molecular formula is C11H8F2N4O2S. The Morgan fingerprint density at radius 3 is 2.80 bits per heavy atom. The third-order valence-electron chi connectivity index (χ3n) is 2.25. The van der Waals surface area contributed by atoms with Crippen molar-refractivity contribution in [3.63, 3.8) is 0 Å². The molecule has 0 saturated carbocycles. The van der Waals surface area contributed by atoms with Gasteiger partial charge in [-0.1, -0.05) is 0 Å². The van der Waals surface area contributed by atoms with Gasteiger partial charge in [-0.3, -0.25) is 15.5 Å². The largest absolute Gasteiger partial charge is 0.305 e. The van der Waals surface area contributed by atoms with Crippen molar-refractivity contribution in [3.8, 4) is 0 Å². The number of benzene rings is 1. The molecule has 1 N–H and O–H groups in total. The smallest absolute Gasteiger partial charge is 0.258 e. The lowest BCUT2D eigenvalue weighted by atomic mass is 10.2. The molecule has 104 valence electrons. The van der Waals surface area contributed by atoms with E-state index in [1.54, 1.807) is 12.3 Å². The Balaban J connectivity index is 2.20. The molecule has 2 aromatic rings. The molecule has 0 aliphatic heterocycles. The lowest BCUT2D eigenvalue weighted by Crippen LogP contribution is -1.99. The number of hydrogen-bond donors (Lipinski definition) is 1. The maximum Gasteiger partial charge on any atom is 0.305 e. The van der Waals surface area contributed by atoms with Crippen LogP contribution in [-0.2, 0) is 0 Å². The Morgan fingerprint density at radius 2 is 2.20 bits per heavy atom. The van der Waals surface area contributed by atoms with Crippen LogP contribution >= 0.6 is 11.3 Å². The topological polar surface area (TPSA) is 80.4 Å². The van der Waals surface area contributed by atoms with Gasteiger partial charge in [0.1, 0.15) is 5.82 Å². The molecule has 1 aromatic heterocycles. The Bertz CT molecular complexity index is 687. The number of aromatic nitrogens is 1. The second kappa shape index (κ2) is 5.70. The van der Waals surface area contributed by atoms with Gasteiger partial charge >= 0.3 is 5.69 Å². The zero-order chi connectivity index (χ0) is 14.7. The molecule has 0 bridgehead atoms. The fraction of sp³-hybridized carbons (Fsp3) is 0.0909. The second-order valence-electron chi connectivity index (χ2n) is 3.75. The van der Waals surface area contributed by atoms with Crippen molar-refractivity contribution in [2.24, 2.45) is 5.10 Å². The van der Waals surface area contributed by atoms with Crippen LogP contribution in [0.3, 0.4) is 0 Å². The number of hydrogen-bond acceptors (Lipinski definition) is 6. The van der Waals surface area contributed by atoms with E-state index < -0.39 is 22.2 Å². The Morgan fingerprint density at radius 1 is 1.45 bits per heavy atom. The number of nitro benzene ring substituents is 1. The number of nitrogens with zero attached hydrogens (tertiary/aromatic N) is 3. The van der Waals surface area contributed by atoms with E-state index in [0.717, 1.165) is 18.0 Å². The van der Waals surface area contributed by atoms with Crippen LogP contribution < -0.4 is 5.43 Å². The van der Waals surface area contributed by atoms with Crippen LogP contribution in [0.15, 0.2) is 22.6 Å². The molecule has 0 radical (unpaired) electrons. The van der Waals surface area contributed by atoms with Gasteiger partial charge in [-0.15, -0.1) is 11.3 Å². The summed E-state index contributed by atoms with van der Waals surface area (Å²) in [5.74, 6) is -2.16. The van der Waals surface area contributed by atoms with Crippen LogP contribution in [0.4, 0.5) is 19.6 Å². The fourth-order valence-corrected chi connectivity index (χ4v) is 1.99. The quantitative estimate of drug-likeness (QED) is 0.534. The van der Waals surface area contributed by atoms with Crippen LogP contribution in [0.5, 0.6) is 0 Å². The van der Waals surface area contributed by atoms with Crippen LogP contribution in [0.1, 0.15) is 11.3 Å². The molecule has 6 nitrogen and oxygen atoms in total. The van der Waals surface area contributed by atoms with E-state index in [2.05, 4.69) is 15.5 Å². The van der Waals surface area contributed by atoms with E-state index in [0.29, 0.717) is 11.2 Å². The molecule has 0 aliphatic rings. The summed E-state index contributed by atoms with van der Waals surface area (Å²) in [6, 6.07) is 1.23. The highest BCUT2D eigenvalue weighted by atomic mass is 32.1. The highest BCUT2D eigenvalue weighted by Gasteiger charge is 2.17. The lowest BCUT2D eigenvalue weighted by Gasteiger charge is -1.99. The molecule has 20 heavy (non-hydrogen) atoms. The molecule has 9 heteroatoms. The van der Waals surface area contributed by atoms with Gasteiger partial charge in [0.2, 0.25) is 10.9 Å². The minimum atomic E-state index is -1.23. The SMILES string of the molecule is Cc1csc(NN=Cc2cc([N+](=O)[O-])c(F)cc2F)n1. The summed E-state index contributed by atoms with van der Waals surface area (Å²) < 4.78 is 26.6. The summed E-state index contributed by atoms with van der Waals surface area (Å²) >= 11 is 1.30. The molecule has 0 atom stereocenters. The van der Waals surface area contributed by atoms with Crippen molar-refractivity contribution < 1.29 is 13.7 Å². The summed E-state index contributed by atoms with van der Waals surface area (Å²) in [5.41, 5.74) is 2.35. The van der Waals surface area contributed by atoms with Crippen molar-refractivity contribution in [1.29, 1.82) is 0 Å². The van der Waals surface area contributed by atoms with Crippen molar-refractivity contribution in [3.05, 3.63) is 50.5 Å². The summed E-state index contributed by atoms with van der Waals surface area (Å²) in [6.07, 6.45) is 1.03. The third-order valence-corrected chi connectivity index (χ3v) is 3.11. The highest BCUT2D eigenvalue weighted by molar-refractivity contribution is 7.13. The minimum Gasteiger partial charge on any atom is -0.258 e. The third kappa shape index (κ3) is 3.12. The predicted octanol–water partition coefficient (Wildman–Crippen LogP) is 3.08. The molecule has 0 fully saturated rings. The highest BCUT2D eigenvalue weighted by Crippen LogP contribution is 2.20. The van der Waals surface area contributed by atoms with Gasteiger partial charge in [0.15, 0.2) is 0 Å². The number of anilines is 1. The first-order valence-corrected chi connectivity index (χ1v) is 6.20.